The van der Waals surface area contributed by atoms with Crippen molar-refractivity contribution < 1.29 is 70.0 Å². The van der Waals surface area contributed by atoms with Crippen molar-refractivity contribution in [3.05, 3.63) is 0 Å². The molecule has 11 heavy (non-hydrogen) atoms. The minimum atomic E-state index is -4.30. The van der Waals surface area contributed by atoms with Crippen LogP contribution in [0.15, 0.2) is 0 Å². The molecule has 0 amide bonds. The van der Waals surface area contributed by atoms with Gasteiger partial charge in [-0.15, -0.1) is 5.75 Å². The Hall–Kier alpha value is 1.96. The Bertz CT molecular complexity index is 170. The number of aliphatic hydroxyl groups is 1. The van der Waals surface area contributed by atoms with E-state index in [1.54, 1.807) is 0 Å². The first kappa shape index (κ1) is 18.7. The second kappa shape index (κ2) is 8.55. The SMILES string of the molecule is O=S(=O)([O-])CC(O)C[S-].[Au+].[Na+]. The molecule has 0 radical (unpaired) electrons. The fourth-order valence-electron chi connectivity index (χ4n) is 0.284. The van der Waals surface area contributed by atoms with Gasteiger partial charge in [0.2, 0.25) is 0 Å². The average molecular weight is 390 g/mol. The van der Waals surface area contributed by atoms with Crippen LogP contribution in [0.4, 0.5) is 0 Å². The van der Waals surface area contributed by atoms with E-state index in [9.17, 15) is 13.0 Å². The third-order valence-electron chi connectivity index (χ3n) is 0.589. The monoisotopic (exact) mass is 390 g/mol. The zero-order chi connectivity index (χ0) is 7.49. The fraction of sp³-hybridized carbons (Fsp3) is 1.00. The zero-order valence-corrected chi connectivity index (χ0v) is 11.6. The van der Waals surface area contributed by atoms with Crippen LogP contribution in [0.3, 0.4) is 0 Å². The van der Waals surface area contributed by atoms with E-state index in [4.69, 9.17) is 5.11 Å². The third kappa shape index (κ3) is 14.8. The van der Waals surface area contributed by atoms with Crippen LogP contribution in [0.25, 0.3) is 0 Å². The molecule has 0 aromatic carbocycles. The first-order valence-corrected chi connectivity index (χ1v) is 4.31. The molecule has 0 saturated heterocycles. The zero-order valence-electron chi connectivity index (χ0n) is 5.78. The molecule has 0 aromatic heterocycles. The van der Waals surface area contributed by atoms with Crippen molar-refractivity contribution in [3.8, 4) is 0 Å². The molecule has 0 aliphatic carbocycles. The Balaban J connectivity index is -0.000000320. The van der Waals surface area contributed by atoms with E-state index in [1.165, 1.54) is 0 Å². The Morgan fingerprint density at radius 2 is 1.91 bits per heavy atom. The van der Waals surface area contributed by atoms with Crippen LogP contribution in [0.2, 0.25) is 0 Å². The Labute approximate surface area is 109 Å². The molecule has 8 heteroatoms. The second-order valence-corrected chi connectivity index (χ2v) is 3.33. The van der Waals surface area contributed by atoms with Crippen LogP contribution in [-0.2, 0) is 45.1 Å². The molecule has 0 fully saturated rings. The summed E-state index contributed by atoms with van der Waals surface area (Å²) in [5.41, 5.74) is 0. The molecule has 0 aliphatic heterocycles. The number of hydrogen-bond donors (Lipinski definition) is 1. The number of rotatable bonds is 3. The maximum absolute atomic E-state index is 9.84. The summed E-state index contributed by atoms with van der Waals surface area (Å²) >= 11 is 4.29. The largest absolute Gasteiger partial charge is 1.00 e. The maximum atomic E-state index is 9.84. The molecule has 0 aliphatic rings. The van der Waals surface area contributed by atoms with Crippen molar-refractivity contribution in [3.63, 3.8) is 0 Å². The van der Waals surface area contributed by atoms with Gasteiger partial charge in [-0.25, -0.2) is 8.42 Å². The summed E-state index contributed by atoms with van der Waals surface area (Å²) in [6.07, 6.45) is -1.19. The Kier molecular flexibility index (Phi) is 14.5. The summed E-state index contributed by atoms with van der Waals surface area (Å²) in [7, 11) is -4.30. The van der Waals surface area contributed by atoms with E-state index >= 15 is 0 Å². The van der Waals surface area contributed by atoms with Crippen LogP contribution in [-0.4, -0.2) is 35.7 Å². The fourth-order valence-corrected chi connectivity index (χ4v) is 1.14. The van der Waals surface area contributed by atoms with Crippen molar-refractivity contribution >= 4 is 22.7 Å². The van der Waals surface area contributed by atoms with Crippen molar-refractivity contribution in [1.29, 1.82) is 0 Å². The van der Waals surface area contributed by atoms with Crippen molar-refractivity contribution in [2.24, 2.45) is 0 Å². The van der Waals surface area contributed by atoms with E-state index in [2.05, 4.69) is 12.6 Å². The molecule has 1 unspecified atom stereocenters. The first-order valence-electron chi connectivity index (χ1n) is 2.15. The molecule has 0 rings (SSSR count). The normalized spacial score (nSPS) is 12.6. The third-order valence-corrected chi connectivity index (χ3v) is 1.77. The Morgan fingerprint density at radius 3 is 2.00 bits per heavy atom. The van der Waals surface area contributed by atoms with E-state index in [0.29, 0.717) is 0 Å². The van der Waals surface area contributed by atoms with Gasteiger partial charge in [-0.05, 0) is 0 Å². The molecule has 0 spiro atoms. The molecule has 0 bridgehead atoms. The summed E-state index contributed by atoms with van der Waals surface area (Å²) in [4.78, 5) is 0. The van der Waals surface area contributed by atoms with Crippen LogP contribution in [0.1, 0.15) is 0 Å². The summed E-state index contributed by atoms with van der Waals surface area (Å²) in [6, 6.07) is 0. The predicted octanol–water partition coefficient (Wildman–Crippen LogP) is -4.56. The smallest absolute Gasteiger partial charge is 0.790 e. The van der Waals surface area contributed by atoms with Gasteiger partial charge in [-0.1, -0.05) is 0 Å². The minimum absolute atomic E-state index is 0. The van der Waals surface area contributed by atoms with Crippen LogP contribution < -0.4 is 29.6 Å². The van der Waals surface area contributed by atoms with Crippen molar-refractivity contribution in [2.75, 3.05) is 11.5 Å². The number of aliphatic hydroxyl groups excluding tert-OH is 1. The Morgan fingerprint density at radius 1 is 1.55 bits per heavy atom. The van der Waals surface area contributed by atoms with Gasteiger partial charge in [0.15, 0.2) is 0 Å². The molecule has 1 atom stereocenters. The molecule has 0 aromatic rings. The summed E-state index contributed by atoms with van der Waals surface area (Å²) in [6.45, 7) is 0. The average Bonchev–Trinajstić information content (AvgIpc) is 1.62. The van der Waals surface area contributed by atoms with Gasteiger partial charge in [0, 0.05) is 6.10 Å². The predicted molar refractivity (Wildman–Crippen MR) is 32.8 cm³/mol. The van der Waals surface area contributed by atoms with Gasteiger partial charge in [-0.3, -0.25) is 0 Å². The van der Waals surface area contributed by atoms with Crippen LogP contribution in [0, 0.1) is 0 Å². The summed E-state index contributed by atoms with van der Waals surface area (Å²) in [5, 5.41) is 8.51. The number of hydrogen-bond acceptors (Lipinski definition) is 5. The van der Waals surface area contributed by atoms with Gasteiger partial charge in [-0.2, -0.15) is 0 Å². The second-order valence-electron chi connectivity index (χ2n) is 1.54. The van der Waals surface area contributed by atoms with Gasteiger partial charge in [0.1, 0.15) is 0 Å². The molecule has 1 N–H and O–H groups in total. The molecular weight excluding hydrogens is 384 g/mol. The topological polar surface area (TPSA) is 77.4 Å². The van der Waals surface area contributed by atoms with Crippen molar-refractivity contribution in [1.82, 2.24) is 0 Å². The van der Waals surface area contributed by atoms with E-state index in [-0.39, 0.29) is 57.7 Å². The molecule has 4 nitrogen and oxygen atoms in total. The van der Waals surface area contributed by atoms with E-state index in [0.717, 1.165) is 0 Å². The standard InChI is InChI=1S/C3H8O4S2.Au.Na/c4-3(1-8)2-9(5,6)7;;/h3-4,8H,1-2H2,(H,5,6,7);;/q;2*+1/p-2. The maximum Gasteiger partial charge on any atom is 1.00 e. The van der Waals surface area contributed by atoms with Gasteiger partial charge in [0.25, 0.3) is 0 Å². The molecule has 66 valence electrons. The van der Waals surface area contributed by atoms with Gasteiger partial charge < -0.3 is 22.3 Å². The van der Waals surface area contributed by atoms with E-state index in [1.807, 2.05) is 0 Å². The minimum Gasteiger partial charge on any atom is -0.790 e. The molecule has 0 heterocycles. The van der Waals surface area contributed by atoms with E-state index < -0.39 is 22.0 Å². The van der Waals surface area contributed by atoms with Crippen LogP contribution in [0.5, 0.6) is 0 Å². The van der Waals surface area contributed by atoms with Gasteiger partial charge in [0.05, 0.1) is 15.9 Å². The quantitative estimate of drug-likeness (QED) is 0.299. The van der Waals surface area contributed by atoms with Crippen LogP contribution >= 0.6 is 0 Å². The summed E-state index contributed by atoms with van der Waals surface area (Å²) in [5.74, 6) is -0.905. The molecular formula is C3H6AuNaO4S2. The van der Waals surface area contributed by atoms with Crippen molar-refractivity contribution in [2.45, 2.75) is 6.10 Å². The molecule has 0 saturated carbocycles. The summed E-state index contributed by atoms with van der Waals surface area (Å²) < 4.78 is 29.5. The first-order chi connectivity index (χ1) is 3.95. The van der Waals surface area contributed by atoms with Gasteiger partial charge >= 0.3 is 51.9 Å².